The standard InChI is InChI=1S/C18H17F2N5O/c1-11-6-14(20)16(24-8-11)18(3-4-18)17(26)25-15(21)2-5-23-13-7-12(19)9-22-10-13/h2,5-10,23H,3-4H2,1H3,(H2,21,25,26)/b5-2-. The fraction of sp³-hybridized carbons (Fsp3) is 0.222. The molecule has 0 aliphatic heterocycles. The van der Waals surface area contributed by atoms with Crippen molar-refractivity contribution in [3.8, 4) is 0 Å². The zero-order valence-electron chi connectivity index (χ0n) is 14.0. The van der Waals surface area contributed by atoms with Crippen LogP contribution < -0.4 is 11.1 Å². The Hall–Kier alpha value is -3.16. The molecule has 2 aromatic rings. The average Bonchev–Trinajstić information content (AvgIpc) is 3.36. The molecule has 0 bridgehead atoms. The van der Waals surface area contributed by atoms with E-state index in [9.17, 15) is 13.6 Å². The molecular weight excluding hydrogens is 340 g/mol. The van der Waals surface area contributed by atoms with Gasteiger partial charge in [-0.2, -0.15) is 4.99 Å². The van der Waals surface area contributed by atoms with Gasteiger partial charge in [-0.15, -0.1) is 0 Å². The zero-order chi connectivity index (χ0) is 18.7. The van der Waals surface area contributed by atoms with Gasteiger partial charge < -0.3 is 11.1 Å². The Labute approximate surface area is 148 Å². The van der Waals surface area contributed by atoms with Crippen molar-refractivity contribution in [3.63, 3.8) is 0 Å². The topological polar surface area (TPSA) is 93.3 Å². The second-order valence-electron chi connectivity index (χ2n) is 6.14. The maximum Gasteiger partial charge on any atom is 0.259 e. The van der Waals surface area contributed by atoms with Crippen LogP contribution in [0.1, 0.15) is 24.1 Å². The largest absolute Gasteiger partial charge is 0.384 e. The minimum Gasteiger partial charge on any atom is -0.384 e. The lowest BCUT2D eigenvalue weighted by Crippen LogP contribution is -2.24. The summed E-state index contributed by atoms with van der Waals surface area (Å²) in [6, 6.07) is 2.60. The van der Waals surface area contributed by atoms with Gasteiger partial charge >= 0.3 is 0 Å². The predicted molar refractivity (Wildman–Crippen MR) is 93.4 cm³/mol. The smallest absolute Gasteiger partial charge is 0.259 e. The van der Waals surface area contributed by atoms with Crippen LogP contribution in [0.2, 0.25) is 0 Å². The van der Waals surface area contributed by atoms with Gasteiger partial charge in [-0.25, -0.2) is 8.78 Å². The van der Waals surface area contributed by atoms with E-state index in [1.165, 1.54) is 36.8 Å². The first-order chi connectivity index (χ1) is 12.4. The van der Waals surface area contributed by atoms with Crippen LogP contribution in [0, 0.1) is 18.6 Å². The molecule has 26 heavy (non-hydrogen) atoms. The Kier molecular flexibility index (Phi) is 4.75. The number of carbonyl (C=O) groups excluding carboxylic acids is 1. The van der Waals surface area contributed by atoms with Gasteiger partial charge in [0, 0.05) is 18.5 Å². The number of nitrogens with two attached hydrogens (primary N) is 1. The predicted octanol–water partition coefficient (Wildman–Crippen LogP) is 2.60. The molecule has 6 nitrogen and oxygen atoms in total. The van der Waals surface area contributed by atoms with E-state index in [2.05, 4.69) is 20.3 Å². The van der Waals surface area contributed by atoms with Crippen molar-refractivity contribution >= 4 is 17.4 Å². The number of nitrogens with one attached hydrogen (secondary N) is 1. The van der Waals surface area contributed by atoms with Crippen LogP contribution in [0.3, 0.4) is 0 Å². The highest BCUT2D eigenvalue weighted by Crippen LogP contribution is 2.49. The third-order valence-electron chi connectivity index (χ3n) is 4.03. The van der Waals surface area contributed by atoms with E-state index < -0.39 is 23.0 Å². The number of amidine groups is 1. The molecule has 0 saturated heterocycles. The highest BCUT2D eigenvalue weighted by Gasteiger charge is 2.54. The molecule has 0 atom stereocenters. The number of carbonyl (C=O) groups is 1. The van der Waals surface area contributed by atoms with Crippen LogP contribution in [0.5, 0.6) is 0 Å². The lowest BCUT2D eigenvalue weighted by molar-refractivity contribution is -0.120. The molecular formula is C18H17F2N5O. The number of aromatic nitrogens is 2. The summed E-state index contributed by atoms with van der Waals surface area (Å²) < 4.78 is 27.2. The molecule has 2 aromatic heterocycles. The van der Waals surface area contributed by atoms with E-state index in [0.717, 1.165) is 6.20 Å². The molecule has 0 spiro atoms. The molecule has 0 unspecified atom stereocenters. The van der Waals surface area contributed by atoms with Crippen molar-refractivity contribution in [2.75, 3.05) is 5.32 Å². The number of amides is 1. The summed E-state index contributed by atoms with van der Waals surface area (Å²) >= 11 is 0. The molecule has 1 aliphatic carbocycles. The third kappa shape index (κ3) is 3.74. The number of aryl methyl sites for hydroxylation is 1. The van der Waals surface area contributed by atoms with Crippen LogP contribution >= 0.6 is 0 Å². The van der Waals surface area contributed by atoms with Gasteiger partial charge in [0.05, 0.1) is 29.2 Å². The molecule has 3 N–H and O–H groups in total. The SMILES string of the molecule is Cc1cnc(C2(C(=O)N=C(N)/C=C\Nc3cncc(F)c3)CC2)c(F)c1. The summed E-state index contributed by atoms with van der Waals surface area (Å²) in [5.74, 6) is -1.57. The normalized spacial score (nSPS) is 15.9. The Bertz CT molecular complexity index is 906. The Balaban J connectivity index is 1.70. The van der Waals surface area contributed by atoms with Crippen LogP contribution in [-0.2, 0) is 10.2 Å². The molecule has 8 heteroatoms. The number of halogens is 2. The van der Waals surface area contributed by atoms with E-state index in [1.807, 2.05) is 0 Å². The molecule has 1 saturated carbocycles. The number of hydrogen-bond donors (Lipinski definition) is 2. The van der Waals surface area contributed by atoms with E-state index in [1.54, 1.807) is 6.92 Å². The highest BCUT2D eigenvalue weighted by atomic mass is 19.1. The fourth-order valence-electron chi connectivity index (χ4n) is 2.54. The summed E-state index contributed by atoms with van der Waals surface area (Å²) in [5, 5.41) is 2.76. The van der Waals surface area contributed by atoms with Crippen molar-refractivity contribution < 1.29 is 13.6 Å². The Morgan fingerprint density at radius 2 is 2.08 bits per heavy atom. The third-order valence-corrected chi connectivity index (χ3v) is 4.03. The van der Waals surface area contributed by atoms with Crippen LogP contribution in [0.4, 0.5) is 14.5 Å². The summed E-state index contributed by atoms with van der Waals surface area (Å²) in [6.45, 7) is 1.73. The van der Waals surface area contributed by atoms with Crippen LogP contribution in [0.15, 0.2) is 48.0 Å². The monoisotopic (exact) mass is 357 g/mol. The Morgan fingerprint density at radius 1 is 1.31 bits per heavy atom. The summed E-state index contributed by atoms with van der Waals surface area (Å²) in [4.78, 5) is 24.1. The van der Waals surface area contributed by atoms with Crippen molar-refractivity contribution in [2.45, 2.75) is 25.2 Å². The van der Waals surface area contributed by atoms with Gasteiger partial charge in [0.1, 0.15) is 17.5 Å². The molecule has 1 amide bonds. The molecule has 2 heterocycles. The first-order valence-electron chi connectivity index (χ1n) is 7.95. The van der Waals surface area contributed by atoms with E-state index in [-0.39, 0.29) is 11.5 Å². The average molecular weight is 357 g/mol. The van der Waals surface area contributed by atoms with E-state index >= 15 is 0 Å². The number of rotatable bonds is 5. The van der Waals surface area contributed by atoms with Crippen LogP contribution in [-0.4, -0.2) is 21.7 Å². The maximum absolute atomic E-state index is 14.2. The number of hydrogen-bond acceptors (Lipinski definition) is 4. The summed E-state index contributed by atoms with van der Waals surface area (Å²) in [6.07, 6.45) is 7.76. The van der Waals surface area contributed by atoms with E-state index in [4.69, 9.17) is 5.73 Å². The minimum atomic E-state index is -1.03. The number of nitrogens with zero attached hydrogens (tertiary/aromatic N) is 3. The molecule has 1 fully saturated rings. The van der Waals surface area contributed by atoms with Gasteiger partial charge in [0.2, 0.25) is 0 Å². The fourth-order valence-corrected chi connectivity index (χ4v) is 2.54. The van der Waals surface area contributed by atoms with Crippen molar-refractivity contribution in [3.05, 3.63) is 65.9 Å². The molecule has 3 rings (SSSR count). The maximum atomic E-state index is 14.2. The van der Waals surface area contributed by atoms with Gasteiger partial charge in [0.25, 0.3) is 5.91 Å². The van der Waals surface area contributed by atoms with Gasteiger partial charge in [-0.05, 0) is 37.5 Å². The van der Waals surface area contributed by atoms with Crippen LogP contribution in [0.25, 0.3) is 0 Å². The second kappa shape index (κ2) is 6.99. The molecule has 0 aromatic carbocycles. The number of anilines is 1. The lowest BCUT2D eigenvalue weighted by Gasteiger charge is -2.11. The lowest BCUT2D eigenvalue weighted by atomic mass is 10.00. The first kappa shape index (κ1) is 17.7. The zero-order valence-corrected chi connectivity index (χ0v) is 14.0. The number of aliphatic imine (C=N–C) groups is 1. The number of pyridine rings is 2. The summed E-state index contributed by atoms with van der Waals surface area (Å²) in [7, 11) is 0. The summed E-state index contributed by atoms with van der Waals surface area (Å²) in [5.41, 5.74) is 5.91. The highest BCUT2D eigenvalue weighted by molar-refractivity contribution is 6.04. The van der Waals surface area contributed by atoms with Crippen molar-refractivity contribution in [1.82, 2.24) is 9.97 Å². The van der Waals surface area contributed by atoms with Gasteiger partial charge in [-0.1, -0.05) is 0 Å². The minimum absolute atomic E-state index is 0.0503. The molecule has 0 radical (unpaired) electrons. The first-order valence-corrected chi connectivity index (χ1v) is 7.95. The van der Waals surface area contributed by atoms with E-state index in [0.29, 0.717) is 24.1 Å². The van der Waals surface area contributed by atoms with Crippen molar-refractivity contribution in [2.24, 2.45) is 10.7 Å². The van der Waals surface area contributed by atoms with Gasteiger partial charge in [-0.3, -0.25) is 14.8 Å². The molecule has 1 aliphatic rings. The second-order valence-corrected chi connectivity index (χ2v) is 6.14. The van der Waals surface area contributed by atoms with Crippen molar-refractivity contribution in [1.29, 1.82) is 0 Å². The van der Waals surface area contributed by atoms with Gasteiger partial charge in [0.15, 0.2) is 0 Å². The quantitative estimate of drug-likeness (QED) is 0.634. The molecule has 134 valence electrons. The Morgan fingerprint density at radius 3 is 2.73 bits per heavy atom.